The molecule has 0 unspecified atom stereocenters. The van der Waals surface area contributed by atoms with Crippen LogP contribution in [0.15, 0.2) is 16.7 Å². The third-order valence-corrected chi connectivity index (χ3v) is 2.83. The van der Waals surface area contributed by atoms with Crippen LogP contribution in [0.1, 0.15) is 5.69 Å². The molecule has 0 saturated carbocycles. The normalized spacial score (nSPS) is 16.1. The molecule has 0 spiro atoms. The summed E-state index contributed by atoms with van der Waals surface area (Å²) in [4.78, 5) is 6.29. The fourth-order valence-electron chi connectivity index (χ4n) is 1.66. The molecule has 1 aliphatic heterocycles. The lowest BCUT2D eigenvalue weighted by molar-refractivity contribution is 0.588. The number of hydrogen-bond acceptors (Lipinski definition) is 4. The van der Waals surface area contributed by atoms with Crippen LogP contribution < -0.4 is 10.2 Å². The van der Waals surface area contributed by atoms with Gasteiger partial charge in [0.05, 0.1) is 5.69 Å². The second-order valence-corrected chi connectivity index (χ2v) is 4.29. The van der Waals surface area contributed by atoms with Gasteiger partial charge in [0.2, 0.25) is 0 Å². The van der Waals surface area contributed by atoms with Gasteiger partial charge in [0.15, 0.2) is 5.69 Å². The molecular weight excluding hydrogens is 256 g/mol. The van der Waals surface area contributed by atoms with Crippen LogP contribution in [-0.4, -0.2) is 31.2 Å². The van der Waals surface area contributed by atoms with Crippen LogP contribution in [-0.2, 0) is 0 Å². The lowest BCUT2D eigenvalue weighted by atomic mass is 10.2. The summed E-state index contributed by atoms with van der Waals surface area (Å²) in [6.45, 7) is 3.76. The molecule has 0 aliphatic carbocycles. The van der Waals surface area contributed by atoms with E-state index in [1.54, 1.807) is 6.20 Å². The number of rotatable bonds is 1. The zero-order valence-electron chi connectivity index (χ0n) is 8.20. The van der Waals surface area contributed by atoms with Gasteiger partial charge >= 0.3 is 0 Å². The zero-order chi connectivity index (χ0) is 10.7. The molecule has 2 rings (SSSR count). The Balaban J connectivity index is 2.32. The monoisotopic (exact) mass is 266 g/mol. The van der Waals surface area contributed by atoms with Crippen molar-refractivity contribution in [1.29, 1.82) is 5.26 Å². The minimum absolute atomic E-state index is 0.500. The van der Waals surface area contributed by atoms with Crippen LogP contribution in [0.25, 0.3) is 0 Å². The molecule has 5 heteroatoms. The number of nitriles is 1. The average Bonchev–Trinajstić information content (AvgIpc) is 2.30. The summed E-state index contributed by atoms with van der Waals surface area (Å²) in [5, 5.41) is 12.2. The molecule has 1 saturated heterocycles. The van der Waals surface area contributed by atoms with E-state index in [4.69, 9.17) is 5.26 Å². The van der Waals surface area contributed by atoms with E-state index < -0.39 is 0 Å². The van der Waals surface area contributed by atoms with E-state index in [1.807, 2.05) is 6.07 Å². The minimum Gasteiger partial charge on any atom is -0.367 e. The summed E-state index contributed by atoms with van der Waals surface area (Å²) < 4.78 is 0.912. The van der Waals surface area contributed by atoms with Crippen molar-refractivity contribution in [2.24, 2.45) is 0 Å². The minimum atomic E-state index is 0.500. The van der Waals surface area contributed by atoms with E-state index in [9.17, 15) is 0 Å². The van der Waals surface area contributed by atoms with Crippen LogP contribution >= 0.6 is 15.9 Å². The summed E-state index contributed by atoms with van der Waals surface area (Å²) in [7, 11) is 0. The van der Waals surface area contributed by atoms with Crippen molar-refractivity contribution in [2.75, 3.05) is 31.1 Å². The molecule has 0 aromatic carbocycles. The van der Waals surface area contributed by atoms with E-state index in [2.05, 4.69) is 37.2 Å². The third-order valence-electron chi connectivity index (χ3n) is 2.40. The van der Waals surface area contributed by atoms with E-state index in [0.29, 0.717) is 5.69 Å². The van der Waals surface area contributed by atoms with E-state index in [0.717, 1.165) is 36.3 Å². The summed E-state index contributed by atoms with van der Waals surface area (Å²) in [5.41, 5.74) is 1.42. The Morgan fingerprint density at radius 2 is 2.20 bits per heavy atom. The number of anilines is 1. The maximum Gasteiger partial charge on any atom is 0.163 e. The van der Waals surface area contributed by atoms with Crippen molar-refractivity contribution in [3.63, 3.8) is 0 Å². The highest BCUT2D eigenvalue weighted by atomic mass is 79.9. The molecule has 0 bridgehead atoms. The van der Waals surface area contributed by atoms with Crippen molar-refractivity contribution in [3.8, 4) is 6.07 Å². The predicted molar refractivity (Wildman–Crippen MR) is 61.7 cm³/mol. The molecule has 1 N–H and O–H groups in total. The number of nitrogens with zero attached hydrogens (tertiary/aromatic N) is 3. The molecule has 0 amide bonds. The average molecular weight is 267 g/mol. The first-order valence-electron chi connectivity index (χ1n) is 4.82. The number of aromatic nitrogens is 1. The first-order chi connectivity index (χ1) is 7.31. The fourth-order valence-corrected chi connectivity index (χ4v) is 1.98. The predicted octanol–water partition coefficient (Wildman–Crippen LogP) is 1.13. The molecule has 1 aromatic rings. The van der Waals surface area contributed by atoms with Crippen LogP contribution in [0, 0.1) is 11.3 Å². The largest absolute Gasteiger partial charge is 0.367 e. The standard InChI is InChI=1S/C10H11BrN4/c11-8-5-10(9(6-12)14-7-8)15-3-1-13-2-4-15/h5,7,13H,1-4H2. The first-order valence-corrected chi connectivity index (χ1v) is 5.62. The quantitative estimate of drug-likeness (QED) is 0.828. The van der Waals surface area contributed by atoms with Crippen LogP contribution in [0.3, 0.4) is 0 Å². The fraction of sp³-hybridized carbons (Fsp3) is 0.400. The van der Waals surface area contributed by atoms with Crippen LogP contribution in [0.5, 0.6) is 0 Å². The third kappa shape index (κ3) is 2.28. The van der Waals surface area contributed by atoms with Crippen molar-refractivity contribution >= 4 is 21.6 Å². The van der Waals surface area contributed by atoms with E-state index in [-0.39, 0.29) is 0 Å². The van der Waals surface area contributed by atoms with E-state index in [1.165, 1.54) is 0 Å². The maximum atomic E-state index is 8.97. The van der Waals surface area contributed by atoms with Crippen molar-refractivity contribution in [2.45, 2.75) is 0 Å². The molecule has 1 aromatic heterocycles. The SMILES string of the molecule is N#Cc1ncc(Br)cc1N1CCNCC1. The maximum absolute atomic E-state index is 8.97. The summed E-state index contributed by atoms with van der Waals surface area (Å²) in [5.74, 6) is 0. The lowest BCUT2D eigenvalue weighted by Crippen LogP contribution is -2.43. The van der Waals surface area contributed by atoms with Crippen molar-refractivity contribution in [3.05, 3.63) is 22.4 Å². The summed E-state index contributed by atoms with van der Waals surface area (Å²) in [6, 6.07) is 4.08. The Morgan fingerprint density at radius 1 is 1.47 bits per heavy atom. The van der Waals surface area contributed by atoms with Crippen LogP contribution in [0.4, 0.5) is 5.69 Å². The molecule has 4 nitrogen and oxygen atoms in total. The number of piperazine rings is 1. The molecule has 78 valence electrons. The van der Waals surface area contributed by atoms with Gasteiger partial charge in [-0.05, 0) is 22.0 Å². The Labute approximate surface area is 97.0 Å². The van der Waals surface area contributed by atoms with Gasteiger partial charge in [0, 0.05) is 36.8 Å². The van der Waals surface area contributed by atoms with Gasteiger partial charge in [-0.1, -0.05) is 0 Å². The number of nitrogens with one attached hydrogen (secondary N) is 1. The Hall–Kier alpha value is -1.12. The smallest absolute Gasteiger partial charge is 0.163 e. The van der Waals surface area contributed by atoms with Gasteiger partial charge in [-0.3, -0.25) is 0 Å². The highest BCUT2D eigenvalue weighted by Gasteiger charge is 2.15. The van der Waals surface area contributed by atoms with Gasteiger partial charge in [-0.15, -0.1) is 0 Å². The van der Waals surface area contributed by atoms with Crippen LogP contribution in [0.2, 0.25) is 0 Å². The second kappa shape index (κ2) is 4.60. The molecular formula is C10H11BrN4. The molecule has 2 heterocycles. The van der Waals surface area contributed by atoms with Gasteiger partial charge in [0.25, 0.3) is 0 Å². The highest BCUT2D eigenvalue weighted by Crippen LogP contribution is 2.22. The Bertz CT molecular complexity index is 393. The number of hydrogen-bond donors (Lipinski definition) is 1. The molecule has 0 radical (unpaired) electrons. The van der Waals surface area contributed by atoms with Crippen molar-refractivity contribution in [1.82, 2.24) is 10.3 Å². The molecule has 0 atom stereocenters. The molecule has 1 aliphatic rings. The number of pyridine rings is 1. The van der Waals surface area contributed by atoms with Gasteiger partial charge in [-0.25, -0.2) is 4.98 Å². The molecule has 1 fully saturated rings. The van der Waals surface area contributed by atoms with Crippen molar-refractivity contribution < 1.29 is 0 Å². The zero-order valence-corrected chi connectivity index (χ0v) is 9.79. The van der Waals surface area contributed by atoms with Gasteiger partial charge in [0.1, 0.15) is 6.07 Å². The second-order valence-electron chi connectivity index (χ2n) is 3.37. The van der Waals surface area contributed by atoms with Gasteiger partial charge < -0.3 is 10.2 Å². The Kier molecular flexibility index (Phi) is 3.19. The summed E-state index contributed by atoms with van der Waals surface area (Å²) >= 11 is 3.38. The Morgan fingerprint density at radius 3 is 2.87 bits per heavy atom. The van der Waals surface area contributed by atoms with Gasteiger partial charge in [-0.2, -0.15) is 5.26 Å². The molecule has 15 heavy (non-hydrogen) atoms. The number of halogens is 1. The first kappa shape index (κ1) is 10.4. The lowest BCUT2D eigenvalue weighted by Gasteiger charge is -2.29. The summed E-state index contributed by atoms with van der Waals surface area (Å²) in [6.07, 6.45) is 1.66. The highest BCUT2D eigenvalue weighted by molar-refractivity contribution is 9.10. The topological polar surface area (TPSA) is 52.0 Å². The van der Waals surface area contributed by atoms with E-state index >= 15 is 0 Å².